The average Bonchev–Trinajstić information content (AvgIpc) is 3.05. The lowest BCUT2D eigenvalue weighted by molar-refractivity contribution is -0.119. The van der Waals surface area contributed by atoms with E-state index in [2.05, 4.69) is 12.0 Å². The first kappa shape index (κ1) is 17.8. The topological polar surface area (TPSA) is 58.4 Å². The summed E-state index contributed by atoms with van der Waals surface area (Å²) in [6.45, 7) is 7.00. The third-order valence-corrected chi connectivity index (χ3v) is 5.61. The lowest BCUT2D eigenvalue weighted by Crippen LogP contribution is -2.38. The quantitative estimate of drug-likeness (QED) is 0.839. The molecule has 1 aromatic carbocycles. The van der Waals surface area contributed by atoms with Crippen LogP contribution in [0.3, 0.4) is 0 Å². The number of amides is 2. The Morgan fingerprint density at radius 1 is 1.15 bits per heavy atom. The summed E-state index contributed by atoms with van der Waals surface area (Å²) < 4.78 is 1.89. The largest absolute Gasteiger partial charge is 0.339 e. The molecule has 6 heteroatoms. The first-order chi connectivity index (χ1) is 13.0. The summed E-state index contributed by atoms with van der Waals surface area (Å²) in [4.78, 5) is 28.8. The number of hydrogen-bond acceptors (Lipinski definition) is 3. The van der Waals surface area contributed by atoms with Crippen molar-refractivity contribution in [1.29, 1.82) is 0 Å². The molecule has 0 radical (unpaired) electrons. The van der Waals surface area contributed by atoms with Gasteiger partial charge in [0.1, 0.15) is 5.82 Å². The van der Waals surface area contributed by atoms with Crippen LogP contribution in [0, 0.1) is 12.8 Å². The van der Waals surface area contributed by atoms with Gasteiger partial charge in [0, 0.05) is 31.1 Å². The normalized spacial score (nSPS) is 17.9. The maximum atomic E-state index is 12.7. The van der Waals surface area contributed by atoms with Crippen molar-refractivity contribution in [3.05, 3.63) is 47.2 Å². The minimum Gasteiger partial charge on any atom is -0.339 e. The Hall–Kier alpha value is -2.63. The summed E-state index contributed by atoms with van der Waals surface area (Å²) in [5.41, 5.74) is 2.65. The van der Waals surface area contributed by atoms with Crippen molar-refractivity contribution in [1.82, 2.24) is 14.7 Å². The third-order valence-electron chi connectivity index (χ3n) is 5.61. The van der Waals surface area contributed by atoms with Crippen LogP contribution in [0.2, 0.25) is 0 Å². The lowest BCUT2D eigenvalue weighted by atomic mass is 9.98. The number of anilines is 1. The molecule has 0 N–H and O–H groups in total. The van der Waals surface area contributed by atoms with Gasteiger partial charge in [-0.1, -0.05) is 19.1 Å². The zero-order valence-electron chi connectivity index (χ0n) is 16.0. The molecule has 3 heterocycles. The second-order valence-electron chi connectivity index (χ2n) is 7.77. The van der Waals surface area contributed by atoms with Gasteiger partial charge in [-0.25, -0.2) is 4.68 Å². The molecular formula is C21H26N4O2. The van der Waals surface area contributed by atoms with E-state index >= 15 is 0 Å². The second-order valence-corrected chi connectivity index (χ2v) is 7.77. The minimum absolute atomic E-state index is 0.108. The summed E-state index contributed by atoms with van der Waals surface area (Å²) in [5.74, 6) is 1.78. The maximum Gasteiger partial charge on any atom is 0.253 e. The Labute approximate surface area is 159 Å². The van der Waals surface area contributed by atoms with E-state index in [0.29, 0.717) is 25.4 Å². The van der Waals surface area contributed by atoms with Crippen LogP contribution in [0.25, 0.3) is 0 Å². The number of hydrogen-bond donors (Lipinski definition) is 0. The number of piperidine rings is 1. The summed E-state index contributed by atoms with van der Waals surface area (Å²) in [6.07, 6.45) is 2.63. The molecule has 0 saturated carbocycles. The number of carbonyl (C=O) groups is 2. The van der Waals surface area contributed by atoms with Gasteiger partial charge in [0.05, 0.1) is 18.8 Å². The second kappa shape index (κ2) is 7.18. The summed E-state index contributed by atoms with van der Waals surface area (Å²) in [7, 11) is 0. The summed E-state index contributed by atoms with van der Waals surface area (Å²) in [6, 6.07) is 9.62. The van der Waals surface area contributed by atoms with Crippen molar-refractivity contribution in [3.63, 3.8) is 0 Å². The van der Waals surface area contributed by atoms with E-state index in [1.165, 1.54) is 0 Å². The SMILES string of the molecule is Cc1cc2n(n1)CCC(=O)N2Cc1ccc(C(=O)N2CCC(C)CC2)cc1. The molecule has 142 valence electrons. The van der Waals surface area contributed by atoms with Gasteiger partial charge in [-0.3, -0.25) is 14.5 Å². The van der Waals surface area contributed by atoms with Gasteiger partial charge in [-0.05, 0) is 43.4 Å². The first-order valence-electron chi connectivity index (χ1n) is 9.74. The Morgan fingerprint density at radius 3 is 2.56 bits per heavy atom. The number of benzene rings is 1. The molecule has 2 aliphatic rings. The highest BCUT2D eigenvalue weighted by Gasteiger charge is 2.26. The van der Waals surface area contributed by atoms with Crippen LogP contribution in [0.5, 0.6) is 0 Å². The van der Waals surface area contributed by atoms with Crippen molar-refractivity contribution in [2.75, 3.05) is 18.0 Å². The van der Waals surface area contributed by atoms with Crippen molar-refractivity contribution < 1.29 is 9.59 Å². The Bertz CT molecular complexity index is 848. The molecule has 2 aromatic rings. The molecule has 0 spiro atoms. The monoisotopic (exact) mass is 366 g/mol. The van der Waals surface area contributed by atoms with Crippen molar-refractivity contribution in [2.45, 2.75) is 46.2 Å². The third kappa shape index (κ3) is 3.61. The van der Waals surface area contributed by atoms with Crippen molar-refractivity contribution in [2.24, 2.45) is 5.92 Å². The highest BCUT2D eigenvalue weighted by Crippen LogP contribution is 2.25. The van der Waals surface area contributed by atoms with Gasteiger partial charge in [-0.2, -0.15) is 5.10 Å². The van der Waals surface area contributed by atoms with Crippen molar-refractivity contribution in [3.8, 4) is 0 Å². The molecule has 4 rings (SSSR count). The predicted octanol–water partition coefficient (Wildman–Crippen LogP) is 3.00. The van der Waals surface area contributed by atoms with E-state index in [0.717, 1.165) is 48.6 Å². The number of likely N-dealkylation sites (tertiary alicyclic amines) is 1. The minimum atomic E-state index is 0.108. The number of carbonyl (C=O) groups excluding carboxylic acids is 2. The number of aryl methyl sites for hydroxylation is 2. The predicted molar refractivity (Wildman–Crippen MR) is 104 cm³/mol. The molecule has 1 saturated heterocycles. The molecular weight excluding hydrogens is 340 g/mol. The molecule has 2 aliphatic heterocycles. The summed E-state index contributed by atoms with van der Waals surface area (Å²) >= 11 is 0. The van der Waals surface area contributed by atoms with Crippen LogP contribution in [-0.4, -0.2) is 39.6 Å². The molecule has 0 bridgehead atoms. The van der Waals surface area contributed by atoms with Crippen molar-refractivity contribution >= 4 is 17.6 Å². The van der Waals surface area contributed by atoms with Crippen LogP contribution >= 0.6 is 0 Å². The highest BCUT2D eigenvalue weighted by atomic mass is 16.2. The summed E-state index contributed by atoms with van der Waals surface area (Å²) in [5, 5.41) is 4.44. The highest BCUT2D eigenvalue weighted by molar-refractivity contribution is 5.95. The first-order valence-corrected chi connectivity index (χ1v) is 9.74. The van der Waals surface area contributed by atoms with E-state index in [-0.39, 0.29) is 11.8 Å². The molecule has 0 atom stereocenters. The van der Waals surface area contributed by atoms with Crippen LogP contribution in [0.15, 0.2) is 30.3 Å². The fourth-order valence-corrected chi connectivity index (χ4v) is 3.88. The van der Waals surface area contributed by atoms with E-state index in [1.807, 2.05) is 46.8 Å². The molecule has 1 aromatic heterocycles. The number of nitrogens with zero attached hydrogens (tertiary/aromatic N) is 4. The van der Waals surface area contributed by atoms with Crippen LogP contribution in [0.4, 0.5) is 5.82 Å². The standard InChI is InChI=1S/C21H26N4O2/c1-15-7-10-23(11-8-15)21(27)18-5-3-17(4-6-18)14-24-19-13-16(2)22-25(19)12-9-20(24)26/h3-6,13,15H,7-12,14H2,1-2H3. The molecule has 27 heavy (non-hydrogen) atoms. The van der Waals surface area contributed by atoms with Gasteiger partial charge in [0.15, 0.2) is 0 Å². The molecule has 0 unspecified atom stereocenters. The van der Waals surface area contributed by atoms with E-state index in [1.54, 1.807) is 4.90 Å². The van der Waals surface area contributed by atoms with Gasteiger partial charge < -0.3 is 4.90 Å². The smallest absolute Gasteiger partial charge is 0.253 e. The van der Waals surface area contributed by atoms with E-state index in [9.17, 15) is 9.59 Å². The lowest BCUT2D eigenvalue weighted by Gasteiger charge is -2.30. The molecule has 1 fully saturated rings. The average molecular weight is 366 g/mol. The fourth-order valence-electron chi connectivity index (χ4n) is 3.88. The van der Waals surface area contributed by atoms with E-state index < -0.39 is 0 Å². The van der Waals surface area contributed by atoms with Gasteiger partial charge in [-0.15, -0.1) is 0 Å². The van der Waals surface area contributed by atoms with E-state index in [4.69, 9.17) is 0 Å². The Morgan fingerprint density at radius 2 is 1.85 bits per heavy atom. The molecule has 2 amide bonds. The number of fused-ring (bicyclic) bond motifs is 1. The molecule has 0 aliphatic carbocycles. The zero-order valence-corrected chi connectivity index (χ0v) is 16.0. The van der Waals surface area contributed by atoms with Crippen LogP contribution in [0.1, 0.15) is 47.8 Å². The number of rotatable bonds is 3. The Balaban J connectivity index is 1.47. The van der Waals surface area contributed by atoms with Gasteiger partial charge in [0.25, 0.3) is 5.91 Å². The van der Waals surface area contributed by atoms with Crippen LogP contribution in [-0.2, 0) is 17.9 Å². The number of aromatic nitrogens is 2. The molecule has 6 nitrogen and oxygen atoms in total. The van der Waals surface area contributed by atoms with Crippen LogP contribution < -0.4 is 4.90 Å². The van der Waals surface area contributed by atoms with Gasteiger partial charge >= 0.3 is 0 Å². The van der Waals surface area contributed by atoms with Gasteiger partial charge in [0.2, 0.25) is 5.91 Å². The zero-order chi connectivity index (χ0) is 19.0. The fraction of sp³-hybridized carbons (Fsp3) is 0.476. The maximum absolute atomic E-state index is 12.7. The Kier molecular flexibility index (Phi) is 4.72.